The number of hydrogen-bond acceptors (Lipinski definition) is 4. The van der Waals surface area contributed by atoms with Crippen LogP contribution in [0.4, 0.5) is 13.2 Å². The number of nitrogens with zero attached hydrogens (tertiary/aromatic N) is 5. The molecule has 0 aromatic carbocycles. The molecule has 2 aromatic rings. The molecule has 0 N–H and O–H groups in total. The molecular weight excluding hydrogens is 371 g/mol. The lowest BCUT2D eigenvalue weighted by Crippen LogP contribution is -2.20. The highest BCUT2D eigenvalue weighted by Crippen LogP contribution is 2.35. The summed E-state index contributed by atoms with van der Waals surface area (Å²) >= 11 is 0. The molecule has 0 spiro atoms. The molecule has 2 heterocycles. The first-order chi connectivity index (χ1) is 13.2. The van der Waals surface area contributed by atoms with Gasteiger partial charge in [0.05, 0.1) is 17.8 Å². The van der Waals surface area contributed by atoms with Crippen molar-refractivity contribution in [3.05, 3.63) is 17.7 Å². The van der Waals surface area contributed by atoms with E-state index in [1.54, 1.807) is 6.92 Å². The number of hydrogen-bond donors (Lipinski definition) is 0. The maximum absolute atomic E-state index is 12.8. The monoisotopic (exact) mass is 399 g/mol. The highest BCUT2D eigenvalue weighted by molar-refractivity contribution is 5.57. The van der Waals surface area contributed by atoms with Gasteiger partial charge in [0.1, 0.15) is 12.6 Å². The molecule has 1 aliphatic rings. The van der Waals surface area contributed by atoms with E-state index in [0.29, 0.717) is 35.4 Å². The van der Waals surface area contributed by atoms with Crippen LogP contribution < -0.4 is 0 Å². The van der Waals surface area contributed by atoms with Crippen molar-refractivity contribution in [3.8, 4) is 11.4 Å². The summed E-state index contributed by atoms with van der Waals surface area (Å²) in [6.45, 7) is 7.09. The Kier molecular flexibility index (Phi) is 6.12. The molecule has 1 saturated carbocycles. The van der Waals surface area contributed by atoms with Gasteiger partial charge < -0.3 is 4.74 Å². The summed E-state index contributed by atoms with van der Waals surface area (Å²) in [5.41, 5.74) is 1.02. The van der Waals surface area contributed by atoms with Crippen LogP contribution in [-0.4, -0.2) is 37.3 Å². The summed E-state index contributed by atoms with van der Waals surface area (Å²) in [5.74, 6) is 1.81. The zero-order valence-corrected chi connectivity index (χ0v) is 16.8. The highest BCUT2D eigenvalue weighted by atomic mass is 19.4. The second kappa shape index (κ2) is 8.23. The quantitative estimate of drug-likeness (QED) is 0.696. The molecule has 3 rings (SSSR count). The Morgan fingerprint density at radius 3 is 2.54 bits per heavy atom. The molecule has 156 valence electrons. The van der Waals surface area contributed by atoms with Crippen molar-refractivity contribution in [3.63, 3.8) is 0 Å². The number of rotatable bonds is 6. The van der Waals surface area contributed by atoms with Crippen LogP contribution in [0.1, 0.15) is 70.1 Å². The minimum Gasteiger partial charge on any atom is -0.371 e. The van der Waals surface area contributed by atoms with Gasteiger partial charge in [-0.1, -0.05) is 6.92 Å². The molecule has 1 atom stereocenters. The van der Waals surface area contributed by atoms with Gasteiger partial charge in [-0.15, -0.1) is 0 Å². The molecule has 1 aliphatic carbocycles. The average Bonchev–Trinajstić information content (AvgIpc) is 3.19. The summed E-state index contributed by atoms with van der Waals surface area (Å²) in [6.07, 6.45) is 1.03. The lowest BCUT2D eigenvalue weighted by molar-refractivity contribution is -0.142. The van der Waals surface area contributed by atoms with Gasteiger partial charge in [0, 0.05) is 12.3 Å². The number of aromatic nitrogens is 5. The van der Waals surface area contributed by atoms with Gasteiger partial charge in [-0.25, -0.2) is 9.67 Å². The van der Waals surface area contributed by atoms with E-state index in [2.05, 4.69) is 17.0 Å². The third-order valence-electron chi connectivity index (χ3n) is 5.43. The predicted octanol–water partition coefficient (Wildman–Crippen LogP) is 4.86. The van der Waals surface area contributed by atoms with E-state index >= 15 is 0 Å². The van der Waals surface area contributed by atoms with Crippen molar-refractivity contribution in [2.45, 2.75) is 78.2 Å². The summed E-state index contributed by atoms with van der Waals surface area (Å²) < 4.78 is 47.0. The van der Waals surface area contributed by atoms with Crippen molar-refractivity contribution < 1.29 is 17.9 Å². The van der Waals surface area contributed by atoms with E-state index < -0.39 is 12.7 Å². The zero-order chi connectivity index (χ0) is 20.5. The topological polar surface area (TPSA) is 57.8 Å². The summed E-state index contributed by atoms with van der Waals surface area (Å²) in [5, 5.41) is 8.65. The second-order valence-corrected chi connectivity index (χ2v) is 7.67. The minimum atomic E-state index is -4.32. The SMILES string of the molecule is CCOC(C)c1nc(-c2cnn(CC(F)(F)F)c2C)n(C2CCC(C)CC2)n1. The Labute approximate surface area is 163 Å². The van der Waals surface area contributed by atoms with Gasteiger partial charge in [-0.3, -0.25) is 4.68 Å². The fourth-order valence-electron chi connectivity index (χ4n) is 3.76. The van der Waals surface area contributed by atoms with Gasteiger partial charge in [0.2, 0.25) is 0 Å². The summed E-state index contributed by atoms with van der Waals surface area (Å²) in [4.78, 5) is 4.66. The molecule has 0 bridgehead atoms. The zero-order valence-electron chi connectivity index (χ0n) is 16.8. The largest absolute Gasteiger partial charge is 0.408 e. The third-order valence-corrected chi connectivity index (χ3v) is 5.43. The molecule has 2 aromatic heterocycles. The van der Waals surface area contributed by atoms with Crippen LogP contribution in [0.15, 0.2) is 6.20 Å². The van der Waals surface area contributed by atoms with E-state index in [4.69, 9.17) is 9.84 Å². The third kappa shape index (κ3) is 4.56. The van der Waals surface area contributed by atoms with E-state index in [1.807, 2.05) is 18.5 Å². The van der Waals surface area contributed by atoms with Gasteiger partial charge >= 0.3 is 6.18 Å². The molecule has 9 heteroatoms. The Morgan fingerprint density at radius 2 is 1.93 bits per heavy atom. The van der Waals surface area contributed by atoms with Crippen LogP contribution in [0, 0.1) is 12.8 Å². The van der Waals surface area contributed by atoms with Crippen molar-refractivity contribution in [2.75, 3.05) is 6.61 Å². The fraction of sp³-hybridized carbons (Fsp3) is 0.737. The van der Waals surface area contributed by atoms with E-state index in [-0.39, 0.29) is 12.1 Å². The van der Waals surface area contributed by atoms with Crippen LogP contribution in [0.5, 0.6) is 0 Å². The lowest BCUT2D eigenvalue weighted by Gasteiger charge is -2.27. The van der Waals surface area contributed by atoms with Crippen LogP contribution in [0.2, 0.25) is 0 Å². The first-order valence-corrected chi connectivity index (χ1v) is 9.87. The Morgan fingerprint density at radius 1 is 1.25 bits per heavy atom. The van der Waals surface area contributed by atoms with Gasteiger partial charge in [-0.2, -0.15) is 23.4 Å². The molecule has 0 radical (unpaired) electrons. The van der Waals surface area contributed by atoms with Gasteiger partial charge in [-0.05, 0) is 52.4 Å². The van der Waals surface area contributed by atoms with Crippen LogP contribution >= 0.6 is 0 Å². The van der Waals surface area contributed by atoms with Gasteiger partial charge in [0.15, 0.2) is 11.6 Å². The molecular formula is C19H28F3N5O. The predicted molar refractivity (Wildman–Crippen MR) is 98.7 cm³/mol. The maximum atomic E-state index is 12.8. The Hall–Kier alpha value is -1.90. The van der Waals surface area contributed by atoms with E-state index in [0.717, 1.165) is 30.4 Å². The first-order valence-electron chi connectivity index (χ1n) is 9.87. The van der Waals surface area contributed by atoms with Crippen molar-refractivity contribution in [1.82, 2.24) is 24.5 Å². The van der Waals surface area contributed by atoms with Crippen LogP contribution in [0.3, 0.4) is 0 Å². The Balaban J connectivity index is 1.99. The average molecular weight is 399 g/mol. The van der Waals surface area contributed by atoms with E-state index in [1.165, 1.54) is 6.20 Å². The van der Waals surface area contributed by atoms with Crippen LogP contribution in [0.25, 0.3) is 11.4 Å². The maximum Gasteiger partial charge on any atom is 0.408 e. The summed E-state index contributed by atoms with van der Waals surface area (Å²) in [6, 6.07) is 0.187. The van der Waals surface area contributed by atoms with Crippen molar-refractivity contribution in [2.24, 2.45) is 5.92 Å². The molecule has 0 saturated heterocycles. The molecule has 6 nitrogen and oxygen atoms in total. The Bertz CT molecular complexity index is 790. The highest BCUT2D eigenvalue weighted by Gasteiger charge is 2.31. The smallest absolute Gasteiger partial charge is 0.371 e. The second-order valence-electron chi connectivity index (χ2n) is 7.67. The molecule has 1 fully saturated rings. The van der Waals surface area contributed by atoms with Crippen molar-refractivity contribution >= 4 is 0 Å². The molecule has 28 heavy (non-hydrogen) atoms. The number of halogens is 3. The molecule has 1 unspecified atom stereocenters. The van der Waals surface area contributed by atoms with Crippen LogP contribution in [-0.2, 0) is 11.3 Å². The number of ether oxygens (including phenoxy) is 1. The fourth-order valence-corrected chi connectivity index (χ4v) is 3.76. The molecule has 0 amide bonds. The standard InChI is InChI=1S/C19H28F3N5O/c1-5-28-14(4)17-24-18(27(25-17)15-8-6-12(2)7-9-15)16-10-23-26(13(16)3)11-19(20,21)22/h10,12,14-15H,5-9,11H2,1-4H3. The minimum absolute atomic E-state index is 0.187. The van der Waals surface area contributed by atoms with Crippen molar-refractivity contribution in [1.29, 1.82) is 0 Å². The lowest BCUT2D eigenvalue weighted by atomic mass is 9.87. The molecule has 0 aliphatic heterocycles. The van der Waals surface area contributed by atoms with E-state index in [9.17, 15) is 13.2 Å². The normalized spacial score (nSPS) is 21.8. The first kappa shape index (κ1) is 20.8. The number of alkyl halides is 3. The summed E-state index contributed by atoms with van der Waals surface area (Å²) in [7, 11) is 0. The van der Waals surface area contributed by atoms with Gasteiger partial charge in [0.25, 0.3) is 0 Å².